The van der Waals surface area contributed by atoms with Crippen molar-refractivity contribution >= 4 is 107 Å². The van der Waals surface area contributed by atoms with Crippen LogP contribution in [0.15, 0.2) is 279 Å². The Labute approximate surface area is 480 Å². The maximum absolute atomic E-state index is 5.75. The Morgan fingerprint density at radius 3 is 1.23 bits per heavy atom. The zero-order valence-corrected chi connectivity index (χ0v) is 45.8. The highest BCUT2D eigenvalue weighted by molar-refractivity contribution is 7.26. The zero-order chi connectivity index (χ0) is 53.8. The van der Waals surface area contributed by atoms with Crippen LogP contribution in [0.1, 0.15) is 0 Å². The number of thiophene rings is 2. The third kappa shape index (κ3) is 7.50. The van der Waals surface area contributed by atoms with Gasteiger partial charge in [-0.05, 0) is 136 Å². The highest BCUT2D eigenvalue weighted by Crippen LogP contribution is 2.44. The third-order valence-corrected chi connectivity index (χ3v) is 18.9. The number of para-hydroxylation sites is 2. The van der Waals surface area contributed by atoms with Crippen LogP contribution in [0.2, 0.25) is 0 Å². The molecule has 0 bridgehead atoms. The van der Waals surface area contributed by atoms with E-state index in [9.17, 15) is 0 Å². The van der Waals surface area contributed by atoms with Gasteiger partial charge in [-0.2, -0.15) is 0 Å². The van der Waals surface area contributed by atoms with Gasteiger partial charge < -0.3 is 4.57 Å². The smallest absolute Gasteiger partial charge is 0.235 e. The highest BCUT2D eigenvalue weighted by Gasteiger charge is 2.23. The molecule has 0 aliphatic heterocycles. The topological polar surface area (TPSA) is 35.6 Å². The van der Waals surface area contributed by atoms with Gasteiger partial charge in [0, 0.05) is 78.7 Å². The molecule has 6 heteroatoms. The second kappa shape index (κ2) is 18.7. The van der Waals surface area contributed by atoms with Crippen LogP contribution in [-0.4, -0.2) is 19.1 Å². The third-order valence-electron chi connectivity index (χ3n) is 16.6. The van der Waals surface area contributed by atoms with Gasteiger partial charge in [0.2, 0.25) is 5.95 Å². The molecular formula is C76H46N4S2. The molecular weight excluding hydrogens is 1030 g/mol. The monoisotopic (exact) mass is 1080 g/mol. The number of hydrogen-bond donors (Lipinski definition) is 0. The minimum atomic E-state index is 0.600. The van der Waals surface area contributed by atoms with E-state index in [1.165, 1.54) is 73.4 Å². The number of benzene rings is 12. The first-order valence-corrected chi connectivity index (χ1v) is 29.4. The summed E-state index contributed by atoms with van der Waals surface area (Å²) in [7, 11) is 0. The van der Waals surface area contributed by atoms with Crippen molar-refractivity contribution in [3.8, 4) is 78.7 Å². The molecule has 0 aliphatic carbocycles. The fraction of sp³-hybridized carbons (Fsp3) is 0. The summed E-state index contributed by atoms with van der Waals surface area (Å²) in [6.45, 7) is 0. The normalized spacial score (nSPS) is 11.9. The summed E-state index contributed by atoms with van der Waals surface area (Å²) >= 11 is 3.71. The first-order chi connectivity index (χ1) is 40.6. The van der Waals surface area contributed by atoms with Gasteiger partial charge >= 0.3 is 0 Å². The molecule has 0 amide bonds. The van der Waals surface area contributed by atoms with E-state index in [1.54, 1.807) is 0 Å². The molecule has 0 spiro atoms. The molecule has 5 heterocycles. The van der Waals surface area contributed by atoms with Gasteiger partial charge in [0.05, 0.1) is 33.5 Å². The average molecular weight is 1080 g/mol. The van der Waals surface area contributed by atoms with Crippen LogP contribution in [0.5, 0.6) is 0 Å². The number of aromatic nitrogens is 4. The van der Waals surface area contributed by atoms with E-state index in [2.05, 4.69) is 288 Å². The average Bonchev–Trinajstić information content (AvgIpc) is 4.05. The summed E-state index contributed by atoms with van der Waals surface area (Å²) in [5.41, 5.74) is 18.3. The van der Waals surface area contributed by atoms with E-state index in [-0.39, 0.29) is 0 Å². The van der Waals surface area contributed by atoms with E-state index in [1.807, 2.05) is 22.7 Å². The summed E-state index contributed by atoms with van der Waals surface area (Å²) in [5, 5.41) is 9.90. The van der Waals surface area contributed by atoms with E-state index in [4.69, 9.17) is 9.97 Å². The second-order valence-corrected chi connectivity index (χ2v) is 23.4. The van der Waals surface area contributed by atoms with Crippen molar-refractivity contribution in [1.29, 1.82) is 0 Å². The predicted octanol–water partition coefficient (Wildman–Crippen LogP) is 21.4. The predicted molar refractivity (Wildman–Crippen MR) is 349 cm³/mol. The molecule has 0 saturated carbocycles. The van der Waals surface area contributed by atoms with Crippen LogP contribution < -0.4 is 0 Å². The van der Waals surface area contributed by atoms with Crippen LogP contribution in [0.25, 0.3) is 163 Å². The van der Waals surface area contributed by atoms with Crippen molar-refractivity contribution < 1.29 is 0 Å². The van der Waals surface area contributed by atoms with Crippen molar-refractivity contribution in [2.75, 3.05) is 0 Å². The molecule has 0 unspecified atom stereocenters. The number of hydrogen-bond acceptors (Lipinski definition) is 4. The maximum atomic E-state index is 5.75. The lowest BCUT2D eigenvalue weighted by Crippen LogP contribution is -2.05. The standard InChI is InChI=1S/C76H46N4S2/c1-3-17-47(18-4-1)55-27-16-28-56(48-19-5-2-6-20-48)75(55)66-46-65(77-76(78-66)80-68-30-12-8-24-58(68)62-43-50(34-38-70(62)80)52-36-40-74-64(45-52)60-26-10-14-32-72(60)82-74)53-21-15-22-54(41-53)79-67-29-11-7-23-57(67)61-42-49(33-37-69(61)79)51-35-39-73-63(44-51)59-25-9-13-31-71(59)81-73/h1-46H. The first kappa shape index (κ1) is 46.7. The van der Waals surface area contributed by atoms with E-state index < -0.39 is 0 Å². The highest BCUT2D eigenvalue weighted by atomic mass is 32.1. The molecule has 82 heavy (non-hydrogen) atoms. The van der Waals surface area contributed by atoms with Gasteiger partial charge in [0.25, 0.3) is 0 Å². The Bertz CT molecular complexity index is 5350. The Kier molecular flexibility index (Phi) is 10.6. The summed E-state index contributed by atoms with van der Waals surface area (Å²) in [4.78, 5) is 11.4. The minimum Gasteiger partial charge on any atom is -0.309 e. The van der Waals surface area contributed by atoms with Gasteiger partial charge in [-0.25, -0.2) is 9.97 Å². The van der Waals surface area contributed by atoms with Crippen molar-refractivity contribution in [2.45, 2.75) is 0 Å². The summed E-state index contributed by atoms with van der Waals surface area (Å²) in [6.07, 6.45) is 0. The van der Waals surface area contributed by atoms with E-state index in [0.717, 1.165) is 83.3 Å². The molecule has 0 aliphatic rings. The largest absolute Gasteiger partial charge is 0.309 e. The zero-order valence-electron chi connectivity index (χ0n) is 44.2. The lowest BCUT2D eigenvalue weighted by Gasteiger charge is -2.18. The molecule has 382 valence electrons. The maximum Gasteiger partial charge on any atom is 0.235 e. The molecule has 0 fully saturated rings. The van der Waals surface area contributed by atoms with Gasteiger partial charge in [-0.3, -0.25) is 4.57 Å². The minimum absolute atomic E-state index is 0.600. The summed E-state index contributed by atoms with van der Waals surface area (Å²) in [5.74, 6) is 0.600. The van der Waals surface area contributed by atoms with E-state index in [0.29, 0.717) is 5.95 Å². The van der Waals surface area contributed by atoms with Crippen molar-refractivity contribution in [3.05, 3.63) is 279 Å². The van der Waals surface area contributed by atoms with Gasteiger partial charge in [0.1, 0.15) is 0 Å². The molecule has 5 aromatic heterocycles. The quantitative estimate of drug-likeness (QED) is 0.152. The molecule has 17 aromatic rings. The summed E-state index contributed by atoms with van der Waals surface area (Å²) < 4.78 is 9.92. The molecule has 0 radical (unpaired) electrons. The van der Waals surface area contributed by atoms with Crippen LogP contribution in [-0.2, 0) is 0 Å². The molecule has 17 rings (SSSR count). The molecule has 0 N–H and O–H groups in total. The van der Waals surface area contributed by atoms with Crippen LogP contribution >= 0.6 is 22.7 Å². The lowest BCUT2D eigenvalue weighted by molar-refractivity contribution is 0.995. The molecule has 0 saturated heterocycles. The Hall–Kier alpha value is -10.2. The van der Waals surface area contributed by atoms with Crippen LogP contribution in [0, 0.1) is 0 Å². The van der Waals surface area contributed by atoms with Gasteiger partial charge in [-0.15, -0.1) is 22.7 Å². The number of fused-ring (bicyclic) bond motifs is 12. The van der Waals surface area contributed by atoms with Gasteiger partial charge in [-0.1, -0.05) is 188 Å². The first-order valence-electron chi connectivity index (χ1n) is 27.8. The van der Waals surface area contributed by atoms with E-state index >= 15 is 0 Å². The SMILES string of the molecule is c1ccc(-c2cccc(-c3ccccc3)c2-c2cc(-c3cccc(-n4c5ccccc5c5cc(-c6ccc7sc8ccccc8c7c6)ccc54)c3)nc(-n3c4ccccc4c4cc(-c5ccc6sc7ccccc7c6c5)ccc43)n2)cc1. The Balaban J connectivity index is 0.868. The Morgan fingerprint density at radius 1 is 0.244 bits per heavy atom. The van der Waals surface area contributed by atoms with Crippen molar-refractivity contribution in [2.24, 2.45) is 0 Å². The van der Waals surface area contributed by atoms with Gasteiger partial charge in [0.15, 0.2) is 0 Å². The molecule has 4 nitrogen and oxygen atoms in total. The number of nitrogens with zero attached hydrogens (tertiary/aromatic N) is 4. The molecule has 12 aromatic carbocycles. The fourth-order valence-corrected chi connectivity index (χ4v) is 14.9. The second-order valence-electron chi connectivity index (χ2n) is 21.2. The van der Waals surface area contributed by atoms with Crippen LogP contribution in [0.4, 0.5) is 0 Å². The van der Waals surface area contributed by atoms with Crippen LogP contribution in [0.3, 0.4) is 0 Å². The number of rotatable bonds is 8. The van der Waals surface area contributed by atoms with Crippen molar-refractivity contribution in [3.63, 3.8) is 0 Å². The Morgan fingerprint density at radius 2 is 0.659 bits per heavy atom. The van der Waals surface area contributed by atoms with Crippen molar-refractivity contribution in [1.82, 2.24) is 19.1 Å². The lowest BCUT2D eigenvalue weighted by atomic mass is 9.89. The summed E-state index contributed by atoms with van der Waals surface area (Å²) in [6, 6.07) is 102. The molecule has 0 atom stereocenters. The fourth-order valence-electron chi connectivity index (χ4n) is 12.8.